The minimum absolute atomic E-state index is 0.188. The summed E-state index contributed by atoms with van der Waals surface area (Å²) in [5, 5.41) is 0. The summed E-state index contributed by atoms with van der Waals surface area (Å²) < 4.78 is 4.93. The predicted octanol–water partition coefficient (Wildman–Crippen LogP) is 5.20. The highest BCUT2D eigenvalue weighted by Crippen LogP contribution is 2.46. The van der Waals surface area contributed by atoms with Crippen molar-refractivity contribution in [2.75, 3.05) is 7.11 Å². The Bertz CT molecular complexity index is 637. The monoisotopic (exact) mass is 358 g/mol. The molecule has 1 aliphatic rings. The van der Waals surface area contributed by atoms with Gasteiger partial charge in [-0.1, -0.05) is 37.6 Å². The Kier molecular flexibility index (Phi) is 7.02. The second-order valence-corrected chi connectivity index (χ2v) is 8.66. The van der Waals surface area contributed by atoms with Gasteiger partial charge in [-0.2, -0.15) is 0 Å². The first-order valence-electron chi connectivity index (χ1n) is 9.89. The maximum atomic E-state index is 12.9. The molecule has 1 aliphatic carbocycles. The summed E-state index contributed by atoms with van der Waals surface area (Å²) in [6, 6.07) is 6.25. The summed E-state index contributed by atoms with van der Waals surface area (Å²) in [6.07, 6.45) is 5.42. The number of hydrogen-bond donors (Lipinski definition) is 0. The minimum Gasteiger partial charge on any atom is -0.469 e. The van der Waals surface area contributed by atoms with E-state index in [9.17, 15) is 9.59 Å². The zero-order chi connectivity index (χ0) is 19.3. The molecule has 0 saturated heterocycles. The average Bonchev–Trinajstić information content (AvgIpc) is 2.57. The van der Waals surface area contributed by atoms with Crippen molar-refractivity contribution >= 4 is 11.8 Å². The van der Waals surface area contributed by atoms with Gasteiger partial charge in [-0.25, -0.2) is 0 Å². The molecular formula is C23H34O3. The Hall–Kier alpha value is -1.64. The van der Waals surface area contributed by atoms with Crippen LogP contribution in [0.5, 0.6) is 0 Å². The summed E-state index contributed by atoms with van der Waals surface area (Å²) in [4.78, 5) is 24.9. The first-order valence-corrected chi connectivity index (χ1v) is 9.89. The van der Waals surface area contributed by atoms with Crippen LogP contribution in [0.2, 0.25) is 0 Å². The number of methoxy groups -OCH3 is 1. The smallest absolute Gasteiger partial charge is 0.306 e. The number of carbonyl (C=O) groups excluding carboxylic acids is 2. The van der Waals surface area contributed by atoms with E-state index in [4.69, 9.17) is 4.74 Å². The molecule has 26 heavy (non-hydrogen) atoms. The fourth-order valence-corrected chi connectivity index (χ4v) is 4.45. The molecule has 144 valence electrons. The van der Waals surface area contributed by atoms with Crippen molar-refractivity contribution in [1.82, 2.24) is 0 Å². The lowest BCUT2D eigenvalue weighted by molar-refractivity contribution is -0.144. The predicted molar refractivity (Wildman–Crippen MR) is 105 cm³/mol. The van der Waals surface area contributed by atoms with E-state index in [2.05, 4.69) is 45.9 Å². The molecular weight excluding hydrogens is 324 g/mol. The Morgan fingerprint density at radius 1 is 1.15 bits per heavy atom. The third-order valence-electron chi connectivity index (χ3n) is 6.24. The number of aryl methyl sites for hydroxylation is 2. The van der Waals surface area contributed by atoms with E-state index < -0.39 is 0 Å². The van der Waals surface area contributed by atoms with Gasteiger partial charge in [0.15, 0.2) is 0 Å². The highest BCUT2D eigenvalue weighted by molar-refractivity contribution is 5.82. The lowest BCUT2D eigenvalue weighted by atomic mass is 9.64. The molecule has 0 aromatic heterocycles. The molecule has 0 atom stereocenters. The molecule has 0 radical (unpaired) electrons. The fourth-order valence-electron chi connectivity index (χ4n) is 4.45. The number of ketones is 1. The van der Waals surface area contributed by atoms with Crippen LogP contribution in [0.3, 0.4) is 0 Å². The molecule has 0 bridgehead atoms. The number of benzene rings is 1. The van der Waals surface area contributed by atoms with Gasteiger partial charge in [0.1, 0.15) is 5.78 Å². The molecule has 3 heteroatoms. The maximum absolute atomic E-state index is 12.9. The van der Waals surface area contributed by atoms with Crippen LogP contribution in [-0.4, -0.2) is 18.9 Å². The molecule has 1 aromatic carbocycles. The van der Waals surface area contributed by atoms with E-state index in [0.717, 1.165) is 31.2 Å². The van der Waals surface area contributed by atoms with Crippen LogP contribution in [0.25, 0.3) is 0 Å². The number of esters is 1. The molecule has 1 saturated carbocycles. The van der Waals surface area contributed by atoms with E-state index in [1.807, 2.05) is 0 Å². The summed E-state index contributed by atoms with van der Waals surface area (Å²) in [7, 11) is 1.44. The minimum atomic E-state index is -0.214. The number of rotatable bonds is 7. The zero-order valence-electron chi connectivity index (χ0n) is 17.1. The standard InChI is InChI=1S/C23H34O3/c1-16(2)19-8-10-23(11-9-19,15-22(25)26-5)14-21(24)13-20-7-6-17(3)12-18(20)4/h6-7,12,16,19H,8-11,13-15H2,1-5H3. The molecule has 0 spiro atoms. The van der Waals surface area contributed by atoms with Gasteiger partial charge in [-0.05, 0) is 67.9 Å². The summed E-state index contributed by atoms with van der Waals surface area (Å²) in [5.74, 6) is 1.42. The molecule has 1 fully saturated rings. The van der Waals surface area contributed by atoms with Gasteiger partial charge < -0.3 is 4.74 Å². The van der Waals surface area contributed by atoms with Crippen LogP contribution in [0.1, 0.15) is 69.1 Å². The van der Waals surface area contributed by atoms with Crippen molar-refractivity contribution in [2.45, 2.75) is 72.6 Å². The highest BCUT2D eigenvalue weighted by atomic mass is 16.5. The topological polar surface area (TPSA) is 43.4 Å². The van der Waals surface area contributed by atoms with Crippen LogP contribution in [0, 0.1) is 31.1 Å². The Labute approximate surface area is 158 Å². The van der Waals surface area contributed by atoms with Gasteiger partial charge in [0.2, 0.25) is 0 Å². The number of Topliss-reactive ketones (excluding diaryl/α,β-unsaturated/α-hetero) is 1. The second kappa shape index (κ2) is 8.83. The van der Waals surface area contributed by atoms with Crippen molar-refractivity contribution in [3.63, 3.8) is 0 Å². The lowest BCUT2D eigenvalue weighted by Gasteiger charge is -2.40. The van der Waals surface area contributed by atoms with Gasteiger partial charge in [0, 0.05) is 12.8 Å². The average molecular weight is 359 g/mol. The molecule has 2 rings (SSSR count). The van der Waals surface area contributed by atoms with Gasteiger partial charge >= 0.3 is 5.97 Å². The molecule has 3 nitrogen and oxygen atoms in total. The van der Waals surface area contributed by atoms with Crippen molar-refractivity contribution in [3.05, 3.63) is 34.9 Å². The summed E-state index contributed by atoms with van der Waals surface area (Å²) in [6.45, 7) is 8.66. The summed E-state index contributed by atoms with van der Waals surface area (Å²) in [5.41, 5.74) is 3.27. The van der Waals surface area contributed by atoms with Crippen LogP contribution < -0.4 is 0 Å². The van der Waals surface area contributed by atoms with Gasteiger partial charge in [0.25, 0.3) is 0 Å². The quantitative estimate of drug-likeness (QED) is 0.629. The van der Waals surface area contributed by atoms with E-state index in [-0.39, 0.29) is 17.2 Å². The first-order chi connectivity index (χ1) is 12.2. The van der Waals surface area contributed by atoms with Gasteiger partial charge in [-0.3, -0.25) is 9.59 Å². The Morgan fingerprint density at radius 2 is 1.81 bits per heavy atom. The van der Waals surface area contributed by atoms with Crippen LogP contribution >= 0.6 is 0 Å². The molecule has 0 amide bonds. The van der Waals surface area contributed by atoms with Crippen LogP contribution in [0.4, 0.5) is 0 Å². The largest absolute Gasteiger partial charge is 0.469 e. The van der Waals surface area contributed by atoms with Crippen LogP contribution in [-0.2, 0) is 20.7 Å². The number of carbonyl (C=O) groups is 2. The SMILES string of the molecule is COC(=O)CC1(CC(=O)Cc2ccc(C)cc2C)CCC(C(C)C)CC1. The maximum Gasteiger partial charge on any atom is 0.306 e. The third kappa shape index (κ3) is 5.43. The Balaban J connectivity index is 2.08. The van der Waals surface area contributed by atoms with Crippen molar-refractivity contribution in [3.8, 4) is 0 Å². The summed E-state index contributed by atoms with van der Waals surface area (Å²) >= 11 is 0. The van der Waals surface area contributed by atoms with E-state index in [0.29, 0.717) is 31.1 Å². The zero-order valence-corrected chi connectivity index (χ0v) is 17.1. The fraction of sp³-hybridized carbons (Fsp3) is 0.652. The van der Waals surface area contributed by atoms with E-state index in [1.165, 1.54) is 18.2 Å². The van der Waals surface area contributed by atoms with Crippen molar-refractivity contribution < 1.29 is 14.3 Å². The highest BCUT2D eigenvalue weighted by Gasteiger charge is 2.39. The molecule has 0 aliphatic heterocycles. The first kappa shape index (κ1) is 20.7. The molecule has 1 aromatic rings. The van der Waals surface area contributed by atoms with E-state index >= 15 is 0 Å². The second-order valence-electron chi connectivity index (χ2n) is 8.66. The molecule has 0 heterocycles. The third-order valence-corrected chi connectivity index (χ3v) is 6.24. The molecule has 0 N–H and O–H groups in total. The normalized spacial score (nSPS) is 23.1. The van der Waals surface area contributed by atoms with E-state index in [1.54, 1.807) is 0 Å². The van der Waals surface area contributed by atoms with Gasteiger partial charge in [-0.15, -0.1) is 0 Å². The van der Waals surface area contributed by atoms with Gasteiger partial charge in [0.05, 0.1) is 13.5 Å². The molecule has 0 unspecified atom stereocenters. The van der Waals surface area contributed by atoms with Crippen LogP contribution in [0.15, 0.2) is 18.2 Å². The number of ether oxygens (including phenoxy) is 1. The van der Waals surface area contributed by atoms with Crippen molar-refractivity contribution in [1.29, 1.82) is 0 Å². The van der Waals surface area contributed by atoms with Crippen molar-refractivity contribution in [2.24, 2.45) is 17.3 Å². The lowest BCUT2D eigenvalue weighted by Crippen LogP contribution is -2.34. The Morgan fingerprint density at radius 3 is 2.35 bits per heavy atom. The number of hydrogen-bond acceptors (Lipinski definition) is 3.